The zero-order chi connectivity index (χ0) is 8.55. The molecule has 1 heterocycles. The van der Waals surface area contributed by atoms with Gasteiger partial charge in [-0.05, 0) is 26.3 Å². The van der Waals surface area contributed by atoms with E-state index in [-0.39, 0.29) is 6.04 Å². The molecule has 0 aromatic carbocycles. The predicted molar refractivity (Wildman–Crippen MR) is 48.0 cm³/mol. The highest BCUT2D eigenvalue weighted by Crippen LogP contribution is 2.25. The molecule has 2 unspecified atom stereocenters. The maximum atomic E-state index is 5.93. The van der Waals surface area contributed by atoms with Gasteiger partial charge in [-0.25, -0.2) is 0 Å². The monoisotopic (exact) mass is 170 g/mol. The van der Waals surface area contributed by atoms with Crippen LogP contribution in [-0.2, 0) is 4.74 Å². The molecule has 0 aromatic rings. The van der Waals surface area contributed by atoms with E-state index in [1.165, 1.54) is 19.3 Å². The van der Waals surface area contributed by atoms with Crippen molar-refractivity contribution in [3.05, 3.63) is 0 Å². The Balaban J connectivity index is 1.79. The molecule has 2 fully saturated rings. The summed E-state index contributed by atoms with van der Waals surface area (Å²) in [6.07, 6.45) is 4.63. The average molecular weight is 170 g/mol. The molecular weight excluding hydrogens is 152 g/mol. The van der Waals surface area contributed by atoms with Crippen molar-refractivity contribution in [3.8, 4) is 0 Å². The van der Waals surface area contributed by atoms with Crippen molar-refractivity contribution >= 4 is 0 Å². The maximum absolute atomic E-state index is 5.93. The van der Waals surface area contributed by atoms with E-state index in [0.29, 0.717) is 12.2 Å². The molecule has 1 aliphatic carbocycles. The normalized spacial score (nSPS) is 38.5. The van der Waals surface area contributed by atoms with Crippen LogP contribution in [0.15, 0.2) is 0 Å². The summed E-state index contributed by atoms with van der Waals surface area (Å²) in [5.74, 6) is 0. The second kappa shape index (κ2) is 3.32. The Morgan fingerprint density at radius 2 is 2.08 bits per heavy atom. The number of hydrogen-bond donors (Lipinski definition) is 1. The second-order valence-corrected chi connectivity index (χ2v) is 4.11. The van der Waals surface area contributed by atoms with Gasteiger partial charge in [0.05, 0.1) is 12.2 Å². The number of ether oxygens (including phenoxy) is 1. The molecule has 1 saturated carbocycles. The van der Waals surface area contributed by atoms with Gasteiger partial charge < -0.3 is 15.4 Å². The second-order valence-electron chi connectivity index (χ2n) is 4.11. The van der Waals surface area contributed by atoms with E-state index in [2.05, 4.69) is 11.9 Å². The van der Waals surface area contributed by atoms with E-state index >= 15 is 0 Å². The maximum Gasteiger partial charge on any atom is 0.0868 e. The van der Waals surface area contributed by atoms with Crippen molar-refractivity contribution in [2.75, 3.05) is 20.1 Å². The van der Waals surface area contributed by atoms with E-state index in [4.69, 9.17) is 10.5 Å². The highest BCUT2D eigenvalue weighted by molar-refractivity contribution is 4.87. The van der Waals surface area contributed by atoms with Gasteiger partial charge in [-0.15, -0.1) is 0 Å². The molecule has 1 saturated heterocycles. The molecule has 0 spiro atoms. The molecule has 3 nitrogen and oxygen atoms in total. The molecule has 0 bridgehead atoms. The summed E-state index contributed by atoms with van der Waals surface area (Å²) in [4.78, 5) is 2.24. The van der Waals surface area contributed by atoms with E-state index in [1.807, 2.05) is 0 Å². The summed E-state index contributed by atoms with van der Waals surface area (Å²) in [5, 5.41) is 0. The van der Waals surface area contributed by atoms with Gasteiger partial charge in [-0.1, -0.05) is 0 Å². The standard InChI is InChI=1S/C9H18N2O/c1-11-5-8(10)9(6-11)12-7-3-2-4-7/h7-9H,2-6,10H2,1H3. The summed E-state index contributed by atoms with van der Waals surface area (Å²) >= 11 is 0. The summed E-state index contributed by atoms with van der Waals surface area (Å²) in [6.45, 7) is 2.00. The first-order chi connectivity index (χ1) is 5.75. The molecule has 2 atom stereocenters. The Labute approximate surface area is 73.9 Å². The SMILES string of the molecule is CN1CC(N)C(OC2CCC2)C1. The largest absolute Gasteiger partial charge is 0.372 e. The van der Waals surface area contributed by atoms with Gasteiger partial charge in [0.2, 0.25) is 0 Å². The van der Waals surface area contributed by atoms with E-state index < -0.39 is 0 Å². The van der Waals surface area contributed by atoms with Crippen molar-refractivity contribution < 1.29 is 4.74 Å². The first kappa shape index (κ1) is 8.48. The Bertz CT molecular complexity index is 159. The topological polar surface area (TPSA) is 38.5 Å². The summed E-state index contributed by atoms with van der Waals surface area (Å²) in [6, 6.07) is 0.232. The predicted octanol–water partition coefficient (Wildman–Crippen LogP) is 0.197. The van der Waals surface area contributed by atoms with Gasteiger partial charge >= 0.3 is 0 Å². The molecule has 2 aliphatic rings. The molecule has 70 valence electrons. The zero-order valence-electron chi connectivity index (χ0n) is 7.70. The third-order valence-electron chi connectivity index (χ3n) is 2.91. The van der Waals surface area contributed by atoms with Crippen LogP contribution in [0.4, 0.5) is 0 Å². The van der Waals surface area contributed by atoms with Crippen molar-refractivity contribution in [2.24, 2.45) is 5.73 Å². The molecule has 0 aromatic heterocycles. The fourth-order valence-electron chi connectivity index (χ4n) is 1.89. The minimum atomic E-state index is 0.232. The third-order valence-corrected chi connectivity index (χ3v) is 2.91. The van der Waals surface area contributed by atoms with Gasteiger partial charge in [0, 0.05) is 19.1 Å². The molecule has 0 radical (unpaired) electrons. The van der Waals surface area contributed by atoms with Gasteiger partial charge in [-0.3, -0.25) is 0 Å². The van der Waals surface area contributed by atoms with Crippen LogP contribution in [0.3, 0.4) is 0 Å². The molecule has 0 amide bonds. The van der Waals surface area contributed by atoms with Crippen molar-refractivity contribution in [1.29, 1.82) is 0 Å². The average Bonchev–Trinajstić information content (AvgIpc) is 2.21. The van der Waals surface area contributed by atoms with Gasteiger partial charge in [0.25, 0.3) is 0 Å². The summed E-state index contributed by atoms with van der Waals surface area (Å²) < 4.78 is 5.86. The van der Waals surface area contributed by atoms with Gasteiger partial charge in [0.15, 0.2) is 0 Å². The smallest absolute Gasteiger partial charge is 0.0868 e. The zero-order valence-corrected chi connectivity index (χ0v) is 7.70. The lowest BCUT2D eigenvalue weighted by molar-refractivity contribution is -0.0501. The molecule has 1 aliphatic heterocycles. The lowest BCUT2D eigenvalue weighted by atomic mass is 9.96. The van der Waals surface area contributed by atoms with Crippen LogP contribution in [-0.4, -0.2) is 43.3 Å². The van der Waals surface area contributed by atoms with Crippen molar-refractivity contribution in [1.82, 2.24) is 4.90 Å². The number of nitrogens with zero attached hydrogens (tertiary/aromatic N) is 1. The Kier molecular flexibility index (Phi) is 2.35. The van der Waals surface area contributed by atoms with Crippen LogP contribution in [0.25, 0.3) is 0 Å². The van der Waals surface area contributed by atoms with Gasteiger partial charge in [-0.2, -0.15) is 0 Å². The Morgan fingerprint density at radius 3 is 2.50 bits per heavy atom. The molecular formula is C9H18N2O. The first-order valence-corrected chi connectivity index (χ1v) is 4.85. The molecule has 3 heteroatoms. The highest BCUT2D eigenvalue weighted by Gasteiger charge is 2.32. The highest BCUT2D eigenvalue weighted by atomic mass is 16.5. The van der Waals surface area contributed by atoms with E-state index in [1.54, 1.807) is 0 Å². The van der Waals surface area contributed by atoms with Gasteiger partial charge in [0.1, 0.15) is 0 Å². The number of nitrogens with two attached hydrogens (primary N) is 1. The first-order valence-electron chi connectivity index (χ1n) is 4.85. The number of rotatable bonds is 2. The van der Waals surface area contributed by atoms with Crippen LogP contribution >= 0.6 is 0 Å². The van der Waals surface area contributed by atoms with Crippen molar-refractivity contribution in [2.45, 2.75) is 37.5 Å². The lowest BCUT2D eigenvalue weighted by Crippen LogP contribution is -2.39. The number of hydrogen-bond acceptors (Lipinski definition) is 3. The van der Waals surface area contributed by atoms with Crippen LogP contribution in [0.1, 0.15) is 19.3 Å². The third kappa shape index (κ3) is 1.63. The molecule has 2 rings (SSSR count). The van der Waals surface area contributed by atoms with Crippen molar-refractivity contribution in [3.63, 3.8) is 0 Å². The Morgan fingerprint density at radius 1 is 1.33 bits per heavy atom. The number of likely N-dealkylation sites (tertiary alicyclic amines) is 1. The minimum Gasteiger partial charge on any atom is -0.372 e. The van der Waals surface area contributed by atoms with E-state index in [0.717, 1.165) is 13.1 Å². The fourth-order valence-corrected chi connectivity index (χ4v) is 1.89. The lowest BCUT2D eigenvalue weighted by Gasteiger charge is -2.30. The number of likely N-dealkylation sites (N-methyl/N-ethyl adjacent to an activating group) is 1. The Hall–Kier alpha value is -0.120. The fraction of sp³-hybridized carbons (Fsp3) is 1.00. The van der Waals surface area contributed by atoms with E-state index in [9.17, 15) is 0 Å². The summed E-state index contributed by atoms with van der Waals surface area (Å²) in [7, 11) is 2.10. The van der Waals surface area contributed by atoms with Crippen LogP contribution in [0.2, 0.25) is 0 Å². The molecule has 2 N–H and O–H groups in total. The summed E-state index contributed by atoms with van der Waals surface area (Å²) in [5.41, 5.74) is 5.93. The quantitative estimate of drug-likeness (QED) is 0.643. The minimum absolute atomic E-state index is 0.232. The van der Waals surface area contributed by atoms with Crippen LogP contribution in [0, 0.1) is 0 Å². The molecule has 12 heavy (non-hydrogen) atoms. The van der Waals surface area contributed by atoms with Crippen LogP contribution < -0.4 is 5.73 Å². The van der Waals surface area contributed by atoms with Crippen LogP contribution in [0.5, 0.6) is 0 Å².